The fourth-order valence-corrected chi connectivity index (χ4v) is 7.24. The zero-order chi connectivity index (χ0) is 34.7. The van der Waals surface area contributed by atoms with Crippen LogP contribution in [-0.4, -0.2) is 74.6 Å². The predicted molar refractivity (Wildman–Crippen MR) is 191 cm³/mol. The molecule has 1 aromatic carbocycles. The van der Waals surface area contributed by atoms with Gasteiger partial charge in [-0.3, -0.25) is 4.79 Å². The molecule has 1 aliphatic heterocycles. The number of nitrogens with one attached hydrogen (secondary N) is 2. The van der Waals surface area contributed by atoms with Gasteiger partial charge in [0.1, 0.15) is 22.5 Å². The van der Waals surface area contributed by atoms with E-state index in [1.165, 1.54) is 11.3 Å². The number of aryl methyl sites for hydroxylation is 2. The van der Waals surface area contributed by atoms with Gasteiger partial charge >= 0.3 is 6.09 Å². The van der Waals surface area contributed by atoms with Crippen LogP contribution in [0.1, 0.15) is 75.4 Å². The van der Waals surface area contributed by atoms with Gasteiger partial charge in [-0.05, 0) is 96.9 Å². The van der Waals surface area contributed by atoms with Crippen LogP contribution in [0.4, 0.5) is 15.7 Å². The van der Waals surface area contributed by atoms with E-state index in [1.807, 2.05) is 69.6 Å². The molecule has 2 aliphatic rings. The Morgan fingerprint density at radius 2 is 1.80 bits per heavy atom. The van der Waals surface area contributed by atoms with Crippen LogP contribution in [0.25, 0.3) is 11.0 Å². The molecule has 12 nitrogen and oxygen atoms in total. The first-order valence-corrected chi connectivity index (χ1v) is 17.9. The summed E-state index contributed by atoms with van der Waals surface area (Å²) < 4.78 is 19.6. The number of aromatic nitrogens is 4. The highest BCUT2D eigenvalue weighted by molar-refractivity contribution is 7.15. The van der Waals surface area contributed by atoms with Crippen LogP contribution >= 0.6 is 11.3 Å². The molecule has 3 aromatic heterocycles. The van der Waals surface area contributed by atoms with E-state index in [-0.39, 0.29) is 30.1 Å². The number of anilines is 2. The average Bonchev–Trinajstić information content (AvgIpc) is 3.58. The van der Waals surface area contributed by atoms with Crippen molar-refractivity contribution in [3.05, 3.63) is 52.7 Å². The number of piperidine rings is 1. The summed E-state index contributed by atoms with van der Waals surface area (Å²) in [5.74, 6) is 2.11. The minimum Gasteiger partial charge on any atom is -0.497 e. The molecule has 2 fully saturated rings. The summed E-state index contributed by atoms with van der Waals surface area (Å²) in [5, 5.41) is 13.2. The summed E-state index contributed by atoms with van der Waals surface area (Å²) in [7, 11) is 1.65. The lowest BCUT2D eigenvalue weighted by atomic mass is 9.87. The van der Waals surface area contributed by atoms with Gasteiger partial charge in [0.05, 0.1) is 25.5 Å². The van der Waals surface area contributed by atoms with Crippen molar-refractivity contribution in [2.24, 2.45) is 5.92 Å². The highest BCUT2D eigenvalue weighted by atomic mass is 32.1. The number of methoxy groups -OCH3 is 1. The molecule has 0 bridgehead atoms. The largest absolute Gasteiger partial charge is 0.497 e. The van der Waals surface area contributed by atoms with Gasteiger partial charge in [-0.15, -0.1) is 11.3 Å². The van der Waals surface area contributed by atoms with E-state index in [0.717, 1.165) is 65.8 Å². The van der Waals surface area contributed by atoms with E-state index in [0.29, 0.717) is 42.0 Å². The predicted octanol–water partition coefficient (Wildman–Crippen LogP) is 6.95. The molecule has 49 heavy (non-hydrogen) atoms. The summed E-state index contributed by atoms with van der Waals surface area (Å²) in [5.41, 5.74) is 2.15. The summed E-state index contributed by atoms with van der Waals surface area (Å²) in [6.07, 6.45) is 6.13. The van der Waals surface area contributed by atoms with Crippen molar-refractivity contribution in [2.45, 2.75) is 97.4 Å². The molecule has 1 saturated carbocycles. The fraction of sp³-hybridized carbons (Fsp3) is 0.528. The topological polar surface area (TPSA) is 133 Å². The zero-order valence-corrected chi connectivity index (χ0v) is 30.1. The number of pyridine rings is 1. The molecular weight excluding hydrogens is 643 g/mol. The van der Waals surface area contributed by atoms with E-state index in [9.17, 15) is 9.59 Å². The summed E-state index contributed by atoms with van der Waals surface area (Å²) in [6.45, 7) is 11.3. The van der Waals surface area contributed by atoms with Crippen molar-refractivity contribution >= 4 is 45.3 Å². The van der Waals surface area contributed by atoms with Crippen molar-refractivity contribution in [1.29, 1.82) is 0 Å². The van der Waals surface area contributed by atoms with Crippen LogP contribution in [0.3, 0.4) is 0 Å². The summed E-state index contributed by atoms with van der Waals surface area (Å²) in [4.78, 5) is 38.1. The maximum Gasteiger partial charge on any atom is 0.410 e. The molecular formula is C36H47N7O5S. The molecule has 6 rings (SSSR count). The lowest BCUT2D eigenvalue weighted by Gasteiger charge is -2.34. The van der Waals surface area contributed by atoms with E-state index < -0.39 is 5.60 Å². The Labute approximate surface area is 291 Å². The Balaban J connectivity index is 1.20. The first kappa shape index (κ1) is 34.5. The van der Waals surface area contributed by atoms with Gasteiger partial charge in [-0.25, -0.2) is 19.4 Å². The van der Waals surface area contributed by atoms with E-state index in [4.69, 9.17) is 24.3 Å². The summed E-state index contributed by atoms with van der Waals surface area (Å²) >= 11 is 1.51. The third-order valence-electron chi connectivity index (χ3n) is 9.10. The van der Waals surface area contributed by atoms with Gasteiger partial charge in [0.15, 0.2) is 16.6 Å². The quantitative estimate of drug-likeness (QED) is 0.192. The van der Waals surface area contributed by atoms with Crippen LogP contribution in [0.15, 0.2) is 36.5 Å². The van der Waals surface area contributed by atoms with Crippen LogP contribution in [0, 0.1) is 19.8 Å². The van der Waals surface area contributed by atoms with Gasteiger partial charge in [0, 0.05) is 36.1 Å². The SMILES string of the molecule is COc1ccc(Cn2nc(N[C@@H]3CCCN(C(=O)OC(C)(C)C)C3)c3c(OC4CCC(C(=O)Nc5nc(C)c(C)s5)CC4)ccnc32)cc1. The Kier molecular flexibility index (Phi) is 10.3. The van der Waals surface area contributed by atoms with Crippen LogP contribution in [-0.2, 0) is 16.1 Å². The average molecular weight is 690 g/mol. The molecule has 1 saturated heterocycles. The van der Waals surface area contributed by atoms with Crippen molar-refractivity contribution in [2.75, 3.05) is 30.8 Å². The Bertz CT molecular complexity index is 1750. The molecule has 2 amide bonds. The highest BCUT2D eigenvalue weighted by Crippen LogP contribution is 2.36. The molecule has 262 valence electrons. The molecule has 0 spiro atoms. The van der Waals surface area contributed by atoms with Crippen molar-refractivity contribution in [1.82, 2.24) is 24.6 Å². The first-order valence-electron chi connectivity index (χ1n) is 17.1. The van der Waals surface area contributed by atoms with E-state index in [2.05, 4.69) is 15.6 Å². The first-order chi connectivity index (χ1) is 23.5. The second-order valence-electron chi connectivity index (χ2n) is 14.0. The molecule has 13 heteroatoms. The molecule has 4 aromatic rings. The minimum absolute atomic E-state index is 0.0257. The normalized spacial score (nSPS) is 19.8. The van der Waals surface area contributed by atoms with Crippen molar-refractivity contribution in [3.8, 4) is 11.5 Å². The number of thiazole rings is 1. The number of benzene rings is 1. The number of carbonyl (C=O) groups excluding carboxylic acids is 2. The third-order valence-corrected chi connectivity index (χ3v) is 10.1. The number of likely N-dealkylation sites (tertiary alicyclic amines) is 1. The smallest absolute Gasteiger partial charge is 0.410 e. The third kappa shape index (κ3) is 8.44. The van der Waals surface area contributed by atoms with Crippen LogP contribution < -0.4 is 20.1 Å². The number of fused-ring (bicyclic) bond motifs is 1. The number of hydrogen-bond acceptors (Lipinski definition) is 10. The molecule has 0 unspecified atom stereocenters. The van der Waals surface area contributed by atoms with Crippen LogP contribution in [0.2, 0.25) is 0 Å². The van der Waals surface area contributed by atoms with E-state index >= 15 is 0 Å². The second kappa shape index (κ2) is 14.6. The molecule has 0 radical (unpaired) electrons. The van der Waals surface area contributed by atoms with Gasteiger partial charge in [0.25, 0.3) is 0 Å². The van der Waals surface area contributed by atoms with Crippen LogP contribution in [0.5, 0.6) is 11.5 Å². The van der Waals surface area contributed by atoms with Crippen molar-refractivity contribution in [3.63, 3.8) is 0 Å². The highest BCUT2D eigenvalue weighted by Gasteiger charge is 2.31. The monoisotopic (exact) mass is 689 g/mol. The fourth-order valence-electron chi connectivity index (χ4n) is 6.42. The van der Waals surface area contributed by atoms with Gasteiger partial charge in [-0.2, -0.15) is 5.10 Å². The van der Waals surface area contributed by atoms with E-state index in [1.54, 1.807) is 18.2 Å². The molecule has 1 aliphatic carbocycles. The Hall–Kier alpha value is -4.39. The second-order valence-corrected chi connectivity index (χ2v) is 15.2. The lowest BCUT2D eigenvalue weighted by Crippen LogP contribution is -2.47. The van der Waals surface area contributed by atoms with Gasteiger partial charge < -0.3 is 29.7 Å². The maximum atomic E-state index is 13.0. The molecule has 4 heterocycles. The maximum absolute atomic E-state index is 13.0. The molecule has 1 atom stereocenters. The number of amides is 2. The number of ether oxygens (including phenoxy) is 3. The number of nitrogens with zero attached hydrogens (tertiary/aromatic N) is 5. The van der Waals surface area contributed by atoms with Crippen molar-refractivity contribution < 1.29 is 23.8 Å². The zero-order valence-electron chi connectivity index (χ0n) is 29.2. The standard InChI is InChI=1S/C36H47N7O5S/c1-22-23(2)49-34(38-22)40-33(44)25-11-15-28(16-12-25)47-29-17-18-37-32-30(29)31(41-43(32)20-24-9-13-27(46-6)14-10-24)39-26-8-7-19-42(21-26)35(45)48-36(3,4)5/h9-10,13-14,17-18,25-26,28H,7-8,11-12,15-16,19-21H2,1-6H3,(H,39,41)(H,38,40,44)/t25?,26-,28?/m1/s1. The van der Waals surface area contributed by atoms with Gasteiger partial charge in [0.2, 0.25) is 5.91 Å². The van der Waals surface area contributed by atoms with Gasteiger partial charge in [-0.1, -0.05) is 12.1 Å². The number of hydrogen-bond donors (Lipinski definition) is 2. The lowest BCUT2D eigenvalue weighted by molar-refractivity contribution is -0.121. The minimum atomic E-state index is -0.561. The Morgan fingerprint density at radius 1 is 1.04 bits per heavy atom. The summed E-state index contributed by atoms with van der Waals surface area (Å²) in [6, 6.07) is 9.78. The number of carbonyl (C=O) groups is 2. The number of rotatable bonds is 9. The molecule has 2 N–H and O–H groups in total. The Morgan fingerprint density at radius 3 is 2.47 bits per heavy atom.